The van der Waals surface area contributed by atoms with Crippen molar-refractivity contribution in [2.75, 3.05) is 5.75 Å². The van der Waals surface area contributed by atoms with E-state index in [-0.39, 0.29) is 16.8 Å². The maximum absolute atomic E-state index is 12.6. The SMILES string of the molecule is O=C(CSc1nc(C(F)(F)F)cc(=O)[nH]1)NCc1ccccc1. The number of hydrogen-bond acceptors (Lipinski definition) is 4. The van der Waals surface area contributed by atoms with Gasteiger partial charge >= 0.3 is 6.18 Å². The molecule has 0 radical (unpaired) electrons. The lowest BCUT2D eigenvalue weighted by molar-refractivity contribution is -0.141. The number of amides is 1. The van der Waals surface area contributed by atoms with Gasteiger partial charge in [-0.25, -0.2) is 4.98 Å². The van der Waals surface area contributed by atoms with E-state index in [1.165, 1.54) is 0 Å². The highest BCUT2D eigenvalue weighted by molar-refractivity contribution is 7.99. The largest absolute Gasteiger partial charge is 0.433 e. The number of aromatic amines is 1. The van der Waals surface area contributed by atoms with Gasteiger partial charge in [0, 0.05) is 12.6 Å². The predicted octanol–water partition coefficient (Wildman–Crippen LogP) is 2.20. The van der Waals surface area contributed by atoms with Crippen LogP contribution in [0, 0.1) is 0 Å². The van der Waals surface area contributed by atoms with Crippen molar-refractivity contribution in [2.24, 2.45) is 0 Å². The molecule has 5 nitrogen and oxygen atoms in total. The van der Waals surface area contributed by atoms with Gasteiger partial charge < -0.3 is 10.3 Å². The third kappa shape index (κ3) is 5.44. The number of hydrogen-bond donors (Lipinski definition) is 2. The number of alkyl halides is 3. The smallest absolute Gasteiger partial charge is 0.351 e. The van der Waals surface area contributed by atoms with E-state index in [9.17, 15) is 22.8 Å². The topological polar surface area (TPSA) is 74.8 Å². The lowest BCUT2D eigenvalue weighted by atomic mass is 10.2. The van der Waals surface area contributed by atoms with Crippen LogP contribution in [-0.4, -0.2) is 21.6 Å². The average molecular weight is 343 g/mol. The van der Waals surface area contributed by atoms with E-state index in [1.807, 2.05) is 30.3 Å². The van der Waals surface area contributed by atoms with E-state index in [0.717, 1.165) is 17.3 Å². The van der Waals surface area contributed by atoms with Gasteiger partial charge in [-0.15, -0.1) is 0 Å². The molecule has 0 spiro atoms. The van der Waals surface area contributed by atoms with Gasteiger partial charge in [-0.2, -0.15) is 13.2 Å². The van der Waals surface area contributed by atoms with Crippen LogP contribution in [0.5, 0.6) is 0 Å². The normalized spacial score (nSPS) is 11.3. The van der Waals surface area contributed by atoms with Gasteiger partial charge in [-0.1, -0.05) is 42.1 Å². The predicted molar refractivity (Wildman–Crippen MR) is 78.9 cm³/mol. The number of nitrogens with zero attached hydrogens (tertiary/aromatic N) is 1. The molecule has 122 valence electrons. The van der Waals surface area contributed by atoms with Crippen LogP contribution in [0.15, 0.2) is 46.3 Å². The molecule has 2 rings (SSSR count). The molecule has 0 unspecified atom stereocenters. The van der Waals surface area contributed by atoms with Gasteiger partial charge in [0.1, 0.15) is 0 Å². The van der Waals surface area contributed by atoms with Crippen LogP contribution < -0.4 is 10.9 Å². The van der Waals surface area contributed by atoms with E-state index >= 15 is 0 Å². The minimum atomic E-state index is -4.71. The maximum Gasteiger partial charge on any atom is 0.433 e. The molecule has 0 fully saturated rings. The van der Waals surface area contributed by atoms with Gasteiger partial charge in [-0.05, 0) is 5.56 Å². The molecule has 0 bridgehead atoms. The second-order valence-electron chi connectivity index (χ2n) is 4.48. The molecule has 1 amide bonds. The van der Waals surface area contributed by atoms with Gasteiger partial charge in [-0.3, -0.25) is 9.59 Å². The second kappa shape index (κ2) is 7.32. The minimum Gasteiger partial charge on any atom is -0.351 e. The van der Waals surface area contributed by atoms with Crippen molar-refractivity contribution in [3.05, 3.63) is 58.0 Å². The maximum atomic E-state index is 12.6. The van der Waals surface area contributed by atoms with E-state index in [2.05, 4.69) is 15.3 Å². The number of carbonyl (C=O) groups excluding carboxylic acids is 1. The first kappa shape index (κ1) is 17.1. The van der Waals surface area contributed by atoms with Crippen molar-refractivity contribution >= 4 is 17.7 Å². The zero-order valence-electron chi connectivity index (χ0n) is 11.7. The highest BCUT2D eigenvalue weighted by atomic mass is 32.2. The van der Waals surface area contributed by atoms with Gasteiger partial charge in [0.2, 0.25) is 5.91 Å². The summed E-state index contributed by atoms with van der Waals surface area (Å²) in [4.78, 5) is 28.3. The highest BCUT2D eigenvalue weighted by Gasteiger charge is 2.33. The summed E-state index contributed by atoms with van der Waals surface area (Å²) in [5, 5.41) is 2.38. The molecule has 0 saturated heterocycles. The molecule has 1 aromatic carbocycles. The number of nitrogens with one attached hydrogen (secondary N) is 2. The Morgan fingerprint density at radius 2 is 1.96 bits per heavy atom. The Labute approximate surface area is 133 Å². The van der Waals surface area contributed by atoms with Gasteiger partial charge in [0.25, 0.3) is 5.56 Å². The van der Waals surface area contributed by atoms with Crippen molar-refractivity contribution in [2.45, 2.75) is 17.9 Å². The average Bonchev–Trinajstić information content (AvgIpc) is 2.50. The van der Waals surface area contributed by atoms with Crippen LogP contribution in [0.4, 0.5) is 13.2 Å². The first-order chi connectivity index (χ1) is 10.8. The number of aromatic nitrogens is 2. The lowest BCUT2D eigenvalue weighted by Gasteiger charge is -2.07. The molecule has 0 aliphatic rings. The van der Waals surface area contributed by atoms with Crippen LogP contribution in [0.2, 0.25) is 0 Å². The molecule has 0 atom stereocenters. The fourth-order valence-corrected chi connectivity index (χ4v) is 2.34. The first-order valence-corrected chi connectivity index (χ1v) is 7.45. The Kier molecular flexibility index (Phi) is 5.43. The molecule has 0 aliphatic heterocycles. The van der Waals surface area contributed by atoms with E-state index in [1.54, 1.807) is 0 Å². The number of thioether (sulfide) groups is 1. The Balaban J connectivity index is 1.91. The quantitative estimate of drug-likeness (QED) is 0.645. The summed E-state index contributed by atoms with van der Waals surface area (Å²) in [7, 11) is 0. The summed E-state index contributed by atoms with van der Waals surface area (Å²) in [6.45, 7) is 0.312. The summed E-state index contributed by atoms with van der Waals surface area (Å²) in [6, 6.07) is 9.54. The number of H-pyrrole nitrogens is 1. The number of rotatable bonds is 5. The minimum absolute atomic E-state index is 0.156. The van der Waals surface area contributed by atoms with Crippen molar-refractivity contribution in [3.8, 4) is 0 Å². The van der Waals surface area contributed by atoms with Crippen LogP contribution >= 0.6 is 11.8 Å². The Morgan fingerprint density at radius 3 is 2.61 bits per heavy atom. The zero-order chi connectivity index (χ0) is 16.9. The summed E-state index contributed by atoms with van der Waals surface area (Å²) in [5.74, 6) is -0.532. The molecule has 9 heteroatoms. The van der Waals surface area contributed by atoms with Crippen LogP contribution in [0.1, 0.15) is 11.3 Å². The lowest BCUT2D eigenvalue weighted by Crippen LogP contribution is -2.25. The van der Waals surface area contributed by atoms with Crippen LogP contribution in [0.25, 0.3) is 0 Å². The Hall–Kier alpha value is -2.29. The van der Waals surface area contributed by atoms with Crippen LogP contribution in [0.3, 0.4) is 0 Å². The summed E-state index contributed by atoms with van der Waals surface area (Å²) < 4.78 is 37.7. The number of carbonyl (C=O) groups is 1. The number of benzene rings is 1. The van der Waals surface area contributed by atoms with Crippen LogP contribution in [-0.2, 0) is 17.5 Å². The first-order valence-electron chi connectivity index (χ1n) is 6.46. The van der Waals surface area contributed by atoms with Gasteiger partial charge in [0.05, 0.1) is 5.75 Å². The van der Waals surface area contributed by atoms with Crippen molar-refractivity contribution in [1.29, 1.82) is 0 Å². The standard InChI is InChI=1S/C14H12F3N3O2S/c15-14(16,17)10-6-11(21)20-13(19-10)23-8-12(22)18-7-9-4-2-1-3-5-9/h1-6H,7-8H2,(H,18,22)(H,19,20,21). The van der Waals surface area contributed by atoms with Crippen molar-refractivity contribution in [3.63, 3.8) is 0 Å². The highest BCUT2D eigenvalue weighted by Crippen LogP contribution is 2.27. The van der Waals surface area contributed by atoms with E-state index in [4.69, 9.17) is 0 Å². The summed E-state index contributed by atoms with van der Waals surface area (Å²) in [5.41, 5.74) is -1.30. The molecular weight excluding hydrogens is 331 g/mol. The fraction of sp³-hybridized carbons (Fsp3) is 0.214. The third-order valence-corrected chi connectivity index (χ3v) is 3.56. The number of halogens is 3. The second-order valence-corrected chi connectivity index (χ2v) is 5.45. The van der Waals surface area contributed by atoms with E-state index in [0.29, 0.717) is 12.6 Å². The Bertz CT molecular complexity index is 732. The summed E-state index contributed by atoms with van der Waals surface area (Å²) >= 11 is 0.729. The van der Waals surface area contributed by atoms with Gasteiger partial charge in [0.15, 0.2) is 10.9 Å². The molecule has 0 aliphatic carbocycles. The van der Waals surface area contributed by atoms with E-state index < -0.39 is 17.4 Å². The Morgan fingerprint density at radius 1 is 1.26 bits per heavy atom. The molecule has 2 N–H and O–H groups in total. The molecule has 2 aromatic rings. The molecule has 1 aromatic heterocycles. The summed E-state index contributed by atoms with van der Waals surface area (Å²) in [6.07, 6.45) is -4.71. The molecule has 0 saturated carbocycles. The molecular formula is C14H12F3N3O2S. The monoisotopic (exact) mass is 343 g/mol. The third-order valence-electron chi connectivity index (χ3n) is 2.68. The molecule has 1 heterocycles. The zero-order valence-corrected chi connectivity index (χ0v) is 12.5. The fourth-order valence-electron chi connectivity index (χ4n) is 1.63. The molecule has 23 heavy (non-hydrogen) atoms. The van der Waals surface area contributed by atoms with Crippen molar-refractivity contribution in [1.82, 2.24) is 15.3 Å². The van der Waals surface area contributed by atoms with Crippen molar-refractivity contribution < 1.29 is 18.0 Å².